The van der Waals surface area contributed by atoms with Crippen molar-refractivity contribution in [1.82, 2.24) is 9.55 Å². The third kappa shape index (κ3) is 5.88. The van der Waals surface area contributed by atoms with Gasteiger partial charge in [0.05, 0.1) is 17.2 Å². The number of hydrogen-bond acceptors (Lipinski definition) is 9. The van der Waals surface area contributed by atoms with E-state index in [1.807, 2.05) is 33.9 Å². The van der Waals surface area contributed by atoms with Crippen molar-refractivity contribution in [3.8, 4) is 0 Å². The van der Waals surface area contributed by atoms with Crippen molar-refractivity contribution in [2.24, 2.45) is 5.73 Å². The van der Waals surface area contributed by atoms with Gasteiger partial charge < -0.3 is 19.3 Å². The number of aryl methyl sites for hydroxylation is 1. The van der Waals surface area contributed by atoms with Crippen LogP contribution in [0.2, 0.25) is 36.3 Å². The Kier molecular flexibility index (Phi) is 8.81. The minimum Gasteiger partial charge on any atom is -0.414 e. The van der Waals surface area contributed by atoms with E-state index in [1.165, 1.54) is 16.8 Å². The molecule has 2 aliphatic rings. The van der Waals surface area contributed by atoms with Gasteiger partial charge in [-0.3, -0.25) is 14.3 Å². The van der Waals surface area contributed by atoms with Gasteiger partial charge in [0.25, 0.3) is 15.7 Å². The van der Waals surface area contributed by atoms with Crippen LogP contribution in [0.4, 0.5) is 0 Å². The first kappa shape index (κ1) is 33.7. The molecule has 232 valence electrons. The molecule has 1 spiro atoms. The van der Waals surface area contributed by atoms with Gasteiger partial charge in [-0.15, -0.1) is 6.58 Å². The molecule has 4 atom stereocenters. The summed E-state index contributed by atoms with van der Waals surface area (Å²) in [6.45, 7) is 25.7. The zero-order valence-electron chi connectivity index (χ0n) is 26.2. The maximum Gasteiger partial charge on any atom is 0.330 e. The Labute approximate surface area is 245 Å². The fourth-order valence-electron chi connectivity index (χ4n) is 4.43. The van der Waals surface area contributed by atoms with Crippen LogP contribution in [0.5, 0.6) is 0 Å². The number of nitrogens with one attached hydrogen (secondary N) is 1. The van der Waals surface area contributed by atoms with Gasteiger partial charge in [-0.1, -0.05) is 47.6 Å². The van der Waals surface area contributed by atoms with E-state index in [4.69, 9.17) is 23.5 Å². The molecule has 0 aromatic carbocycles. The molecule has 3 heterocycles. The van der Waals surface area contributed by atoms with Crippen LogP contribution in [0.3, 0.4) is 0 Å². The second kappa shape index (κ2) is 10.7. The number of rotatable bonds is 8. The van der Waals surface area contributed by atoms with Crippen molar-refractivity contribution >= 4 is 26.8 Å². The minimum absolute atomic E-state index is 0.0540. The number of aromatic nitrogens is 2. The van der Waals surface area contributed by atoms with E-state index in [0.717, 1.165) is 0 Å². The normalized spacial score (nSPS) is 27.1. The summed E-state index contributed by atoms with van der Waals surface area (Å²) in [5.74, 6) is 0. The van der Waals surface area contributed by atoms with E-state index in [0.29, 0.717) is 0 Å². The average Bonchev–Trinajstić information content (AvgIpc) is 3.19. The first-order chi connectivity index (χ1) is 18.4. The van der Waals surface area contributed by atoms with Gasteiger partial charge in [0.2, 0.25) is 0 Å². The maximum absolute atomic E-state index is 13.5. The Morgan fingerprint density at radius 1 is 1.12 bits per heavy atom. The summed E-state index contributed by atoms with van der Waals surface area (Å²) in [7, 11) is -9.36. The third-order valence-corrected chi connectivity index (χ3v) is 19.6. The Balaban J connectivity index is 2.34. The second-order valence-corrected chi connectivity index (χ2v) is 25.2. The molecule has 1 fully saturated rings. The molecule has 11 nitrogen and oxygen atoms in total. The quantitative estimate of drug-likeness (QED) is 0.247. The van der Waals surface area contributed by atoms with Crippen LogP contribution in [0, 0.1) is 6.92 Å². The topological polar surface area (TPSA) is 152 Å². The number of hydrogen-bond donors (Lipinski definition) is 2. The highest BCUT2D eigenvalue weighted by molar-refractivity contribution is 7.91. The van der Waals surface area contributed by atoms with Crippen LogP contribution >= 0.6 is 0 Å². The van der Waals surface area contributed by atoms with Crippen LogP contribution in [-0.4, -0.2) is 59.0 Å². The molecule has 3 rings (SSSR count). The molecule has 0 unspecified atom stereocenters. The van der Waals surface area contributed by atoms with Crippen molar-refractivity contribution < 1.29 is 26.2 Å². The molecule has 0 amide bonds. The van der Waals surface area contributed by atoms with Crippen LogP contribution in [0.1, 0.15) is 59.8 Å². The molecule has 3 N–H and O–H groups in total. The van der Waals surface area contributed by atoms with Gasteiger partial charge in [0, 0.05) is 18.2 Å². The molecule has 2 aliphatic heterocycles. The molecular formula is C27H47N3O8SSi2. The van der Waals surface area contributed by atoms with Crippen molar-refractivity contribution in [3.63, 3.8) is 0 Å². The van der Waals surface area contributed by atoms with E-state index < -0.39 is 62.0 Å². The highest BCUT2D eigenvalue weighted by Gasteiger charge is 2.68. The summed E-state index contributed by atoms with van der Waals surface area (Å²) in [6.07, 6.45) is -0.648. The molecule has 14 heteroatoms. The third-order valence-electron chi connectivity index (χ3n) is 9.11. The highest BCUT2D eigenvalue weighted by atomic mass is 32.2. The summed E-state index contributed by atoms with van der Waals surface area (Å²) in [5, 5.41) is -0.458. The summed E-state index contributed by atoms with van der Waals surface area (Å²) >= 11 is 0. The number of ether oxygens (including phenoxy) is 1. The Hall–Kier alpha value is -1.82. The predicted molar refractivity (Wildman–Crippen MR) is 164 cm³/mol. The lowest BCUT2D eigenvalue weighted by atomic mass is 9.88. The molecule has 1 aromatic heterocycles. The van der Waals surface area contributed by atoms with Gasteiger partial charge in [-0.05, 0) is 43.2 Å². The molecule has 0 saturated carbocycles. The van der Waals surface area contributed by atoms with Gasteiger partial charge in [0.1, 0.15) is 12.2 Å². The largest absolute Gasteiger partial charge is 0.414 e. The van der Waals surface area contributed by atoms with Gasteiger partial charge >= 0.3 is 5.69 Å². The molecular weight excluding hydrogens is 583 g/mol. The smallest absolute Gasteiger partial charge is 0.330 e. The second-order valence-electron chi connectivity index (χ2n) is 14.0. The molecule has 0 bridgehead atoms. The molecule has 0 aliphatic carbocycles. The van der Waals surface area contributed by atoms with E-state index in [2.05, 4.69) is 45.4 Å². The van der Waals surface area contributed by atoms with Crippen LogP contribution in [0.25, 0.3) is 0 Å². The Morgan fingerprint density at radius 2 is 1.68 bits per heavy atom. The lowest BCUT2D eigenvalue weighted by molar-refractivity contribution is -0.0563. The Bertz CT molecular complexity index is 1450. The summed E-state index contributed by atoms with van der Waals surface area (Å²) < 4.78 is 54.2. The molecule has 0 radical (unpaired) electrons. The fraction of sp³-hybridized carbons (Fsp3) is 0.704. The maximum atomic E-state index is 13.5. The zero-order valence-corrected chi connectivity index (χ0v) is 29.0. The number of nitrogens with zero attached hydrogens (tertiary/aromatic N) is 1. The lowest BCUT2D eigenvalue weighted by Gasteiger charge is -2.43. The van der Waals surface area contributed by atoms with Crippen LogP contribution in [0.15, 0.2) is 39.0 Å². The molecule has 41 heavy (non-hydrogen) atoms. The zero-order chi connectivity index (χ0) is 31.6. The van der Waals surface area contributed by atoms with E-state index in [-0.39, 0.29) is 39.3 Å². The summed E-state index contributed by atoms with van der Waals surface area (Å²) in [4.78, 5) is 27.6. The van der Waals surface area contributed by atoms with Crippen molar-refractivity contribution in [3.05, 3.63) is 55.9 Å². The van der Waals surface area contributed by atoms with Crippen molar-refractivity contribution in [2.75, 3.05) is 6.61 Å². The first-order valence-corrected chi connectivity index (χ1v) is 21.0. The van der Waals surface area contributed by atoms with E-state index >= 15 is 0 Å². The van der Waals surface area contributed by atoms with Gasteiger partial charge in [0.15, 0.2) is 28.5 Å². The monoisotopic (exact) mass is 629 g/mol. The number of aromatic amines is 1. The first-order valence-electron chi connectivity index (χ1n) is 13.8. The molecule has 1 aromatic rings. The fourth-order valence-corrected chi connectivity index (χ4v) is 8.21. The van der Waals surface area contributed by atoms with Crippen molar-refractivity contribution in [2.45, 2.75) is 115 Å². The minimum atomic E-state index is -4.31. The highest BCUT2D eigenvalue weighted by Crippen LogP contribution is 2.54. The van der Waals surface area contributed by atoms with Crippen molar-refractivity contribution in [1.29, 1.82) is 0 Å². The summed E-state index contributed by atoms with van der Waals surface area (Å²) in [6, 6.07) is 0. The number of allylic oxidation sites excluding steroid dienone is 2. The van der Waals surface area contributed by atoms with Gasteiger partial charge in [-0.25, -0.2) is 8.98 Å². The van der Waals surface area contributed by atoms with Crippen LogP contribution in [-0.2, 0) is 27.9 Å². The predicted octanol–water partition coefficient (Wildman–Crippen LogP) is 4.00. The molecule has 1 saturated heterocycles. The Morgan fingerprint density at radius 3 is 2.20 bits per heavy atom. The van der Waals surface area contributed by atoms with Crippen LogP contribution < -0.4 is 17.0 Å². The van der Waals surface area contributed by atoms with E-state index in [9.17, 15) is 18.0 Å². The SMILES string of the molecule is C=CCC1=C(N)[C@@]2(OS1(=O)=O)[C@@H](CO[Si](C)(C)C(C)(C)C)O[C@@H](n1cc(C)c(=O)[nH]c1=O)[C@@H]2O[Si](C)(C)C(C)(C)C. The van der Waals surface area contributed by atoms with Gasteiger partial charge in [-0.2, -0.15) is 8.42 Å². The van der Waals surface area contributed by atoms with E-state index in [1.54, 1.807) is 6.92 Å². The average molecular weight is 630 g/mol. The number of H-pyrrole nitrogens is 1. The number of nitrogens with two attached hydrogens (primary N) is 1. The lowest BCUT2D eigenvalue weighted by Crippen LogP contribution is -2.59. The standard InChI is InChI=1S/C27H47N3O8SSi2/c1-13-14-18-20(28)27(38-39(18,33)34)19(16-35-40(9,10)25(3,4)5)36-23(21(27)37-41(11,12)26(6,7)8)30-15-17(2)22(31)29-24(30)32/h13,15,19,21,23H,1,14,16,28H2,2-12H3,(H,29,31,32)/t19-,21+,23-,27+/m1/s1. The summed E-state index contributed by atoms with van der Waals surface area (Å²) in [5.41, 5.74) is 3.86.